The molecule has 0 aromatic heterocycles. The Morgan fingerprint density at radius 3 is 0.893 bits per heavy atom. The number of hydrogen-bond donors (Lipinski definition) is 0. The molecule has 0 aliphatic heterocycles. The Bertz CT molecular complexity index is 371. The second-order valence-electron chi connectivity index (χ2n) is 8.60. The van der Waals surface area contributed by atoms with E-state index in [1.54, 1.807) is 0 Å². The first-order chi connectivity index (χ1) is 12.7. The summed E-state index contributed by atoms with van der Waals surface area (Å²) in [5.41, 5.74) is 0. The summed E-state index contributed by atoms with van der Waals surface area (Å²) in [6.45, 7) is 23.8. The van der Waals surface area contributed by atoms with Crippen molar-refractivity contribution in [1.29, 1.82) is 0 Å². The molecular weight excluding hydrogens is 375 g/mol. The monoisotopic (exact) mass is 420 g/mol. The summed E-state index contributed by atoms with van der Waals surface area (Å²) in [4.78, 5) is 0. The van der Waals surface area contributed by atoms with E-state index < -0.39 is 32.5 Å². The van der Waals surface area contributed by atoms with E-state index in [0.29, 0.717) is 19.3 Å². The van der Waals surface area contributed by atoms with Gasteiger partial charge in [-0.2, -0.15) is 0 Å². The quantitative estimate of drug-likeness (QED) is 0.251. The third kappa shape index (κ3) is 10.9. The van der Waals surface area contributed by atoms with E-state index in [4.69, 9.17) is 25.6 Å². The molecule has 168 valence electrons. The minimum Gasteiger partial charge on any atom is -0.428 e. The molecule has 0 aromatic carbocycles. The van der Waals surface area contributed by atoms with Gasteiger partial charge in [0, 0.05) is 0 Å². The second-order valence-corrected chi connectivity index (χ2v) is 9.89. The predicted octanol–water partition coefficient (Wildman–Crippen LogP) is 5.67. The molecule has 0 N–H and O–H groups in total. The van der Waals surface area contributed by atoms with Gasteiger partial charge in [-0.3, -0.25) is 0 Å². The van der Waals surface area contributed by atoms with E-state index in [1.165, 1.54) is 0 Å². The average Bonchev–Trinajstić information content (AvgIpc) is 2.52. The standard InChI is InChI=1S/3C7H15O2.Al/c3*1-5-7(4,8)9-6(2)3;/h3*6H,5H2,1-4H3;/q3*-1;+3. The van der Waals surface area contributed by atoms with Crippen LogP contribution in [0.5, 0.6) is 0 Å². The minimum absolute atomic E-state index is 0.0218. The highest BCUT2D eigenvalue weighted by molar-refractivity contribution is 6.36. The van der Waals surface area contributed by atoms with Crippen LogP contribution < -0.4 is 0 Å². The van der Waals surface area contributed by atoms with Crippen LogP contribution >= 0.6 is 0 Å². The Labute approximate surface area is 178 Å². The molecule has 7 heteroatoms. The van der Waals surface area contributed by atoms with Gasteiger partial charge in [0.15, 0.2) is 0 Å². The fourth-order valence-electron chi connectivity index (χ4n) is 2.76. The third-order valence-electron chi connectivity index (χ3n) is 4.42. The molecule has 0 saturated carbocycles. The van der Waals surface area contributed by atoms with Crippen LogP contribution in [0, 0.1) is 0 Å². The van der Waals surface area contributed by atoms with Crippen LogP contribution in [0.15, 0.2) is 0 Å². The lowest BCUT2D eigenvalue weighted by molar-refractivity contribution is -0.275. The van der Waals surface area contributed by atoms with Crippen molar-refractivity contribution in [2.24, 2.45) is 0 Å². The van der Waals surface area contributed by atoms with Gasteiger partial charge in [-0.15, -0.1) is 0 Å². The van der Waals surface area contributed by atoms with Crippen molar-refractivity contribution in [3.63, 3.8) is 0 Å². The van der Waals surface area contributed by atoms with Gasteiger partial charge in [0.05, 0.1) is 18.3 Å². The molecule has 0 fully saturated rings. The fourth-order valence-corrected chi connectivity index (χ4v) is 4.79. The Balaban J connectivity index is 5.68. The summed E-state index contributed by atoms with van der Waals surface area (Å²) in [6.07, 6.45) is 2.07. The van der Waals surface area contributed by atoms with Crippen LogP contribution in [0.25, 0.3) is 0 Å². The van der Waals surface area contributed by atoms with E-state index in [2.05, 4.69) is 0 Å². The van der Waals surface area contributed by atoms with Gasteiger partial charge in [-0.1, -0.05) is 20.8 Å². The fraction of sp³-hybridized carbons (Fsp3) is 1.00. The molecule has 6 nitrogen and oxygen atoms in total. The van der Waals surface area contributed by atoms with E-state index in [1.807, 2.05) is 83.1 Å². The normalized spacial score (nSPS) is 19.0. The molecule has 0 radical (unpaired) electrons. The highest BCUT2D eigenvalue weighted by Gasteiger charge is 2.49. The molecule has 28 heavy (non-hydrogen) atoms. The van der Waals surface area contributed by atoms with Crippen molar-refractivity contribution in [2.45, 2.75) is 138 Å². The Morgan fingerprint density at radius 2 is 0.750 bits per heavy atom. The Hall–Kier alpha value is 0.292. The molecule has 0 amide bonds. The molecule has 3 atom stereocenters. The van der Waals surface area contributed by atoms with Gasteiger partial charge in [-0.05, 0) is 81.6 Å². The van der Waals surface area contributed by atoms with Gasteiger partial charge in [0.2, 0.25) is 0 Å². The molecular formula is C21H45AlO6. The zero-order valence-electron chi connectivity index (χ0n) is 20.4. The first-order valence-corrected chi connectivity index (χ1v) is 12.2. The summed E-state index contributed by atoms with van der Waals surface area (Å²) in [5, 5.41) is 0. The zero-order chi connectivity index (χ0) is 22.2. The molecule has 0 saturated heterocycles. The second kappa shape index (κ2) is 12.2. The topological polar surface area (TPSA) is 55.4 Å². The number of ether oxygens (including phenoxy) is 3. The minimum atomic E-state index is -2.71. The Kier molecular flexibility index (Phi) is 12.3. The predicted molar refractivity (Wildman–Crippen MR) is 114 cm³/mol. The van der Waals surface area contributed by atoms with Gasteiger partial charge < -0.3 is 25.6 Å². The van der Waals surface area contributed by atoms with E-state index >= 15 is 0 Å². The summed E-state index contributed by atoms with van der Waals surface area (Å²) < 4.78 is 37.2. The molecule has 0 heterocycles. The number of hydrogen-bond acceptors (Lipinski definition) is 6. The third-order valence-corrected chi connectivity index (χ3v) is 6.49. The summed E-state index contributed by atoms with van der Waals surface area (Å²) in [6, 6.07) is 0. The van der Waals surface area contributed by atoms with Crippen LogP contribution in [-0.4, -0.2) is 50.8 Å². The van der Waals surface area contributed by atoms with Gasteiger partial charge >= 0.3 is 15.1 Å². The molecule has 0 spiro atoms. The van der Waals surface area contributed by atoms with Crippen molar-refractivity contribution < 1.29 is 25.6 Å². The maximum Gasteiger partial charge on any atom is 0.911 e. The maximum absolute atomic E-state index is 6.37. The smallest absolute Gasteiger partial charge is 0.428 e. The Morgan fingerprint density at radius 1 is 0.536 bits per heavy atom. The van der Waals surface area contributed by atoms with E-state index in [0.717, 1.165) is 0 Å². The highest BCUT2D eigenvalue weighted by Crippen LogP contribution is 2.30. The van der Waals surface area contributed by atoms with Crippen molar-refractivity contribution in [1.82, 2.24) is 0 Å². The lowest BCUT2D eigenvalue weighted by Crippen LogP contribution is -2.52. The van der Waals surface area contributed by atoms with Gasteiger partial charge in [0.25, 0.3) is 0 Å². The van der Waals surface area contributed by atoms with Gasteiger partial charge in [0.1, 0.15) is 17.4 Å². The lowest BCUT2D eigenvalue weighted by atomic mass is 10.2. The van der Waals surface area contributed by atoms with Crippen LogP contribution in [-0.2, 0) is 25.6 Å². The van der Waals surface area contributed by atoms with Gasteiger partial charge in [-0.25, -0.2) is 0 Å². The van der Waals surface area contributed by atoms with E-state index in [-0.39, 0.29) is 18.3 Å². The molecule has 0 bridgehead atoms. The van der Waals surface area contributed by atoms with Crippen LogP contribution in [0.1, 0.15) is 102 Å². The average molecular weight is 421 g/mol. The van der Waals surface area contributed by atoms with Crippen LogP contribution in [0.3, 0.4) is 0 Å². The highest BCUT2D eigenvalue weighted by atomic mass is 27.3. The first-order valence-electron chi connectivity index (χ1n) is 10.8. The molecule has 3 unspecified atom stereocenters. The zero-order valence-corrected chi connectivity index (χ0v) is 21.5. The molecule has 0 rings (SSSR count). The van der Waals surface area contributed by atoms with Crippen LogP contribution in [0.2, 0.25) is 0 Å². The SMILES string of the molecule is CCC(C)(OC(C)C)[O][Al]([O]C(C)(CC)OC(C)C)[O]C(C)(CC)OC(C)C. The summed E-state index contributed by atoms with van der Waals surface area (Å²) >= 11 is -2.71. The largest absolute Gasteiger partial charge is 0.911 e. The molecule has 0 aromatic rings. The number of rotatable bonds is 15. The maximum atomic E-state index is 6.37. The van der Waals surface area contributed by atoms with Crippen molar-refractivity contribution in [2.75, 3.05) is 0 Å². The molecule has 0 aliphatic carbocycles. The lowest BCUT2D eigenvalue weighted by Gasteiger charge is -2.40. The summed E-state index contributed by atoms with van der Waals surface area (Å²) in [5.74, 6) is -2.40. The molecule has 0 aliphatic rings. The van der Waals surface area contributed by atoms with Crippen molar-refractivity contribution >= 4 is 15.1 Å². The summed E-state index contributed by atoms with van der Waals surface area (Å²) in [7, 11) is 0. The van der Waals surface area contributed by atoms with Crippen LogP contribution in [0.4, 0.5) is 0 Å². The van der Waals surface area contributed by atoms with Crippen molar-refractivity contribution in [3.8, 4) is 0 Å². The van der Waals surface area contributed by atoms with E-state index in [9.17, 15) is 0 Å². The van der Waals surface area contributed by atoms with Crippen molar-refractivity contribution in [3.05, 3.63) is 0 Å². The first kappa shape index (κ1) is 28.3.